The molecule has 0 bridgehead atoms. The third-order valence-corrected chi connectivity index (χ3v) is 6.72. The molecule has 2 aromatic rings. The van der Waals surface area contributed by atoms with Crippen LogP contribution >= 0.6 is 11.3 Å². The van der Waals surface area contributed by atoms with Crippen molar-refractivity contribution < 1.29 is 13.2 Å². The molecule has 8 heteroatoms. The Hall–Kier alpha value is -2.03. The molecule has 6 nitrogen and oxygen atoms in total. The Morgan fingerprint density at radius 3 is 2.62 bits per heavy atom. The maximum absolute atomic E-state index is 12.1. The van der Waals surface area contributed by atoms with Gasteiger partial charge in [-0.15, -0.1) is 11.3 Å². The van der Waals surface area contributed by atoms with E-state index < -0.39 is 10.0 Å². The van der Waals surface area contributed by atoms with E-state index in [1.807, 2.05) is 0 Å². The van der Waals surface area contributed by atoms with Gasteiger partial charge in [0.2, 0.25) is 15.9 Å². The second-order valence-electron chi connectivity index (χ2n) is 6.05. The van der Waals surface area contributed by atoms with Gasteiger partial charge in [-0.3, -0.25) is 10.1 Å². The first-order valence-electron chi connectivity index (χ1n) is 8.49. The van der Waals surface area contributed by atoms with Crippen molar-refractivity contribution in [3.63, 3.8) is 0 Å². The molecule has 0 radical (unpaired) electrons. The highest BCUT2D eigenvalue weighted by molar-refractivity contribution is 7.89. The van der Waals surface area contributed by atoms with Crippen LogP contribution in [-0.2, 0) is 27.7 Å². The lowest BCUT2D eigenvalue weighted by Gasteiger charge is -2.02. The first kappa shape index (κ1) is 18.8. The van der Waals surface area contributed by atoms with Crippen molar-refractivity contribution in [1.29, 1.82) is 0 Å². The van der Waals surface area contributed by atoms with E-state index in [-0.39, 0.29) is 10.8 Å². The lowest BCUT2D eigenvalue weighted by Crippen LogP contribution is -2.18. The monoisotopic (exact) mass is 391 g/mol. The van der Waals surface area contributed by atoms with Gasteiger partial charge in [-0.25, -0.2) is 18.1 Å². The molecule has 3 rings (SSSR count). The van der Waals surface area contributed by atoms with Gasteiger partial charge in [0.1, 0.15) is 0 Å². The number of aryl methyl sites for hydroxylation is 2. The molecular formula is C18H21N3O3S2. The van der Waals surface area contributed by atoms with Gasteiger partial charge in [-0.05, 0) is 56.5 Å². The molecule has 1 aliphatic carbocycles. The summed E-state index contributed by atoms with van der Waals surface area (Å²) in [5.74, 6) is -0.249. The van der Waals surface area contributed by atoms with Crippen LogP contribution in [0.1, 0.15) is 35.4 Å². The molecule has 1 aromatic heterocycles. The number of amides is 1. The number of anilines is 1. The molecule has 1 aromatic carbocycles. The van der Waals surface area contributed by atoms with Crippen LogP contribution in [0.2, 0.25) is 0 Å². The third kappa shape index (κ3) is 4.57. The molecule has 26 heavy (non-hydrogen) atoms. The van der Waals surface area contributed by atoms with Gasteiger partial charge >= 0.3 is 0 Å². The van der Waals surface area contributed by atoms with E-state index >= 15 is 0 Å². The summed E-state index contributed by atoms with van der Waals surface area (Å²) in [7, 11) is -2.08. The van der Waals surface area contributed by atoms with Crippen LogP contribution < -0.4 is 10.0 Å². The van der Waals surface area contributed by atoms with Crippen LogP contribution in [0, 0.1) is 0 Å². The Morgan fingerprint density at radius 2 is 1.88 bits per heavy atom. The fourth-order valence-corrected chi connectivity index (χ4v) is 4.56. The normalized spacial score (nSPS) is 14.8. The van der Waals surface area contributed by atoms with Gasteiger partial charge in [0.05, 0.1) is 10.6 Å². The van der Waals surface area contributed by atoms with Crippen molar-refractivity contribution in [1.82, 2.24) is 9.71 Å². The van der Waals surface area contributed by atoms with Crippen LogP contribution in [0.15, 0.2) is 35.2 Å². The quantitative estimate of drug-likeness (QED) is 0.606. The van der Waals surface area contributed by atoms with Crippen LogP contribution in [0.25, 0.3) is 6.08 Å². The van der Waals surface area contributed by atoms with Crippen LogP contribution in [-0.4, -0.2) is 26.4 Å². The zero-order valence-electron chi connectivity index (χ0n) is 14.5. The van der Waals surface area contributed by atoms with E-state index in [0.717, 1.165) is 30.5 Å². The molecule has 0 aliphatic heterocycles. The Bertz CT molecular complexity index is 892. The van der Waals surface area contributed by atoms with E-state index in [0.29, 0.717) is 5.13 Å². The molecule has 1 aliphatic rings. The predicted octanol–water partition coefficient (Wildman–Crippen LogP) is 2.97. The lowest BCUT2D eigenvalue weighted by atomic mass is 10.2. The molecular weight excluding hydrogens is 370 g/mol. The smallest absolute Gasteiger partial charge is 0.250 e. The van der Waals surface area contributed by atoms with Crippen molar-refractivity contribution in [3.8, 4) is 0 Å². The Morgan fingerprint density at radius 1 is 1.15 bits per heavy atom. The number of hydrogen-bond donors (Lipinski definition) is 2. The number of hydrogen-bond acceptors (Lipinski definition) is 5. The Kier molecular flexibility index (Phi) is 5.85. The second-order valence-corrected chi connectivity index (χ2v) is 9.02. The first-order valence-corrected chi connectivity index (χ1v) is 10.8. The summed E-state index contributed by atoms with van der Waals surface area (Å²) >= 11 is 1.56. The molecule has 1 amide bonds. The van der Waals surface area contributed by atoms with Gasteiger partial charge < -0.3 is 0 Å². The zero-order chi connectivity index (χ0) is 18.6. The second kappa shape index (κ2) is 8.11. The van der Waals surface area contributed by atoms with E-state index in [4.69, 9.17) is 0 Å². The Labute approximate surface area is 157 Å². The number of carbonyl (C=O) groups is 1. The van der Waals surface area contributed by atoms with E-state index in [1.54, 1.807) is 29.5 Å². The topological polar surface area (TPSA) is 88.2 Å². The highest BCUT2D eigenvalue weighted by Crippen LogP contribution is 2.28. The van der Waals surface area contributed by atoms with Crippen molar-refractivity contribution in [2.45, 2.75) is 37.0 Å². The number of carbonyl (C=O) groups excluding carboxylic acids is 1. The highest BCUT2D eigenvalue weighted by Gasteiger charge is 2.14. The number of rotatable bonds is 5. The number of nitrogens with zero attached hydrogens (tertiary/aromatic N) is 1. The van der Waals surface area contributed by atoms with E-state index in [1.165, 1.54) is 43.0 Å². The number of thiazole rings is 1. The molecule has 1 heterocycles. The van der Waals surface area contributed by atoms with Gasteiger partial charge in [0, 0.05) is 11.0 Å². The van der Waals surface area contributed by atoms with Gasteiger partial charge in [-0.2, -0.15) is 0 Å². The molecule has 138 valence electrons. The summed E-state index contributed by atoms with van der Waals surface area (Å²) in [4.78, 5) is 18.1. The standard InChI is InChI=1S/C18H21N3O3S2/c1-19-26(23,24)14-10-7-13(8-11-14)9-12-17(22)21-18-20-15-5-3-2-4-6-16(15)25-18/h7-12,19H,2-6H2,1H3,(H,20,21,22)/b12-9+. The molecule has 2 N–H and O–H groups in total. The van der Waals surface area contributed by atoms with Crippen molar-refractivity contribution >= 4 is 38.5 Å². The summed E-state index contributed by atoms with van der Waals surface area (Å²) in [5.41, 5.74) is 1.86. The number of benzene rings is 1. The SMILES string of the molecule is CNS(=O)(=O)c1ccc(/C=C/C(=O)Nc2nc3c(s2)CCCCC3)cc1. The fourth-order valence-electron chi connectivity index (χ4n) is 2.78. The molecule has 0 atom stereocenters. The van der Waals surface area contributed by atoms with Gasteiger partial charge in [0.15, 0.2) is 5.13 Å². The molecule has 0 saturated carbocycles. The molecule has 0 fully saturated rings. The first-order chi connectivity index (χ1) is 12.5. The van der Waals surface area contributed by atoms with E-state index in [2.05, 4.69) is 15.0 Å². The van der Waals surface area contributed by atoms with Crippen molar-refractivity contribution in [3.05, 3.63) is 46.5 Å². The summed E-state index contributed by atoms with van der Waals surface area (Å²) in [6, 6.07) is 6.31. The predicted molar refractivity (Wildman–Crippen MR) is 104 cm³/mol. The number of aromatic nitrogens is 1. The zero-order valence-corrected chi connectivity index (χ0v) is 16.1. The average Bonchev–Trinajstić information content (AvgIpc) is 2.88. The number of sulfonamides is 1. The summed E-state index contributed by atoms with van der Waals surface area (Å²) in [5, 5.41) is 3.45. The summed E-state index contributed by atoms with van der Waals surface area (Å²) in [6.45, 7) is 0. The summed E-state index contributed by atoms with van der Waals surface area (Å²) in [6.07, 6.45) is 8.67. The average molecular weight is 392 g/mol. The fraction of sp³-hybridized carbons (Fsp3) is 0.333. The highest BCUT2D eigenvalue weighted by atomic mass is 32.2. The third-order valence-electron chi connectivity index (χ3n) is 4.21. The van der Waals surface area contributed by atoms with Gasteiger partial charge in [-0.1, -0.05) is 18.6 Å². The van der Waals surface area contributed by atoms with Crippen molar-refractivity contribution in [2.75, 3.05) is 12.4 Å². The molecule has 0 unspecified atom stereocenters. The molecule has 0 saturated heterocycles. The largest absolute Gasteiger partial charge is 0.298 e. The number of nitrogens with one attached hydrogen (secondary N) is 2. The van der Waals surface area contributed by atoms with Crippen LogP contribution in [0.3, 0.4) is 0 Å². The maximum atomic E-state index is 12.1. The van der Waals surface area contributed by atoms with Crippen LogP contribution in [0.4, 0.5) is 5.13 Å². The minimum absolute atomic E-state index is 0.186. The number of fused-ring (bicyclic) bond motifs is 1. The van der Waals surface area contributed by atoms with Crippen molar-refractivity contribution in [2.24, 2.45) is 0 Å². The minimum atomic E-state index is -3.45. The van der Waals surface area contributed by atoms with Crippen LogP contribution in [0.5, 0.6) is 0 Å². The minimum Gasteiger partial charge on any atom is -0.298 e. The van der Waals surface area contributed by atoms with Gasteiger partial charge in [0.25, 0.3) is 0 Å². The van der Waals surface area contributed by atoms with E-state index in [9.17, 15) is 13.2 Å². The molecule has 0 spiro atoms. The summed E-state index contributed by atoms with van der Waals surface area (Å²) < 4.78 is 25.6. The lowest BCUT2D eigenvalue weighted by molar-refractivity contribution is -0.111. The Balaban J connectivity index is 1.63. The maximum Gasteiger partial charge on any atom is 0.250 e.